The third kappa shape index (κ3) is 3.60. The minimum absolute atomic E-state index is 0.111. The molecule has 3 rings (SSSR count). The van der Waals surface area contributed by atoms with Crippen molar-refractivity contribution in [3.63, 3.8) is 0 Å². The molecular formula is C16H23N3O2. The van der Waals surface area contributed by atoms with Crippen LogP contribution >= 0.6 is 0 Å². The summed E-state index contributed by atoms with van der Waals surface area (Å²) in [6.45, 7) is 3.01. The molecule has 0 aromatic carbocycles. The molecule has 0 spiro atoms. The zero-order valence-corrected chi connectivity index (χ0v) is 12.3. The molecule has 5 nitrogen and oxygen atoms in total. The molecular weight excluding hydrogens is 266 g/mol. The first kappa shape index (κ1) is 14.5. The average molecular weight is 289 g/mol. The summed E-state index contributed by atoms with van der Waals surface area (Å²) in [7, 11) is 0. The van der Waals surface area contributed by atoms with Gasteiger partial charge in [0.2, 0.25) is 5.91 Å². The van der Waals surface area contributed by atoms with Crippen molar-refractivity contribution in [2.24, 2.45) is 0 Å². The highest BCUT2D eigenvalue weighted by Gasteiger charge is 2.30. The first-order valence-corrected chi connectivity index (χ1v) is 7.86. The molecule has 0 bridgehead atoms. The molecule has 1 atom stereocenters. The first-order valence-electron chi connectivity index (χ1n) is 7.86. The van der Waals surface area contributed by atoms with Crippen molar-refractivity contribution in [3.05, 3.63) is 30.1 Å². The number of aromatic nitrogens is 1. The van der Waals surface area contributed by atoms with Crippen molar-refractivity contribution in [2.45, 2.75) is 37.8 Å². The summed E-state index contributed by atoms with van der Waals surface area (Å²) >= 11 is 0. The second-order valence-electron chi connectivity index (χ2n) is 5.79. The number of nitrogens with zero attached hydrogens (tertiary/aromatic N) is 2. The van der Waals surface area contributed by atoms with Crippen LogP contribution in [-0.2, 0) is 9.53 Å². The van der Waals surface area contributed by atoms with E-state index in [0.29, 0.717) is 0 Å². The predicted octanol–water partition coefficient (Wildman–Crippen LogP) is 1.51. The van der Waals surface area contributed by atoms with Gasteiger partial charge in [-0.2, -0.15) is 0 Å². The molecule has 1 aromatic heterocycles. The molecule has 2 aliphatic heterocycles. The van der Waals surface area contributed by atoms with E-state index in [1.807, 2.05) is 17.2 Å². The normalized spacial score (nSPS) is 23.4. The number of carbonyl (C=O) groups is 1. The van der Waals surface area contributed by atoms with Crippen LogP contribution in [0.1, 0.15) is 37.3 Å². The Bertz CT molecular complexity index is 460. The monoisotopic (exact) mass is 289 g/mol. The van der Waals surface area contributed by atoms with Gasteiger partial charge in [0.1, 0.15) is 6.61 Å². The Balaban J connectivity index is 1.55. The Morgan fingerprint density at radius 3 is 3.00 bits per heavy atom. The number of rotatable bonds is 4. The number of likely N-dealkylation sites (tertiary alicyclic amines) is 1. The van der Waals surface area contributed by atoms with Gasteiger partial charge in [-0.1, -0.05) is 6.07 Å². The van der Waals surface area contributed by atoms with Gasteiger partial charge < -0.3 is 15.0 Å². The minimum Gasteiger partial charge on any atom is -0.368 e. The molecule has 1 unspecified atom stereocenters. The van der Waals surface area contributed by atoms with Crippen molar-refractivity contribution < 1.29 is 9.53 Å². The van der Waals surface area contributed by atoms with E-state index in [2.05, 4.69) is 16.4 Å². The van der Waals surface area contributed by atoms with Crippen molar-refractivity contribution in [3.8, 4) is 0 Å². The highest BCUT2D eigenvalue weighted by atomic mass is 16.5. The zero-order chi connectivity index (χ0) is 14.5. The number of pyridine rings is 1. The molecule has 0 aliphatic carbocycles. The van der Waals surface area contributed by atoms with Gasteiger partial charge in [-0.25, -0.2) is 0 Å². The van der Waals surface area contributed by atoms with E-state index >= 15 is 0 Å². The fourth-order valence-electron chi connectivity index (χ4n) is 3.22. The van der Waals surface area contributed by atoms with Crippen molar-refractivity contribution in [1.82, 2.24) is 15.2 Å². The molecule has 0 radical (unpaired) electrons. The number of nitrogens with one attached hydrogen (secondary N) is 1. The maximum Gasteiger partial charge on any atom is 0.249 e. The first-order chi connectivity index (χ1) is 10.3. The largest absolute Gasteiger partial charge is 0.368 e. The van der Waals surface area contributed by atoms with Crippen LogP contribution < -0.4 is 5.32 Å². The van der Waals surface area contributed by atoms with Crippen molar-refractivity contribution in [1.29, 1.82) is 0 Å². The standard InChI is InChI=1S/C16H23N3O2/c20-16(12-21-14-5-8-17-9-6-14)19-10-2-4-15(19)13-3-1-7-18-11-13/h1,3,7,11,14-15,17H,2,4-6,8-10,12H2. The van der Waals surface area contributed by atoms with Gasteiger partial charge in [-0.05, 0) is 50.4 Å². The van der Waals surface area contributed by atoms with Gasteiger partial charge in [-0.3, -0.25) is 9.78 Å². The van der Waals surface area contributed by atoms with E-state index in [1.165, 1.54) is 0 Å². The van der Waals surface area contributed by atoms with Gasteiger partial charge in [-0.15, -0.1) is 0 Å². The maximum atomic E-state index is 12.4. The number of carbonyl (C=O) groups excluding carboxylic acids is 1. The molecule has 1 aromatic rings. The van der Waals surface area contributed by atoms with Crippen LogP contribution in [-0.4, -0.2) is 48.1 Å². The van der Waals surface area contributed by atoms with Crippen molar-refractivity contribution in [2.75, 3.05) is 26.2 Å². The number of hydrogen-bond donors (Lipinski definition) is 1. The van der Waals surface area contributed by atoms with E-state index in [9.17, 15) is 4.79 Å². The second-order valence-corrected chi connectivity index (χ2v) is 5.79. The van der Waals surface area contributed by atoms with E-state index in [1.54, 1.807) is 6.20 Å². The highest BCUT2D eigenvalue weighted by Crippen LogP contribution is 2.31. The lowest BCUT2D eigenvalue weighted by Gasteiger charge is -2.27. The van der Waals surface area contributed by atoms with E-state index < -0.39 is 0 Å². The van der Waals surface area contributed by atoms with Gasteiger partial charge in [0.15, 0.2) is 0 Å². The van der Waals surface area contributed by atoms with E-state index in [4.69, 9.17) is 4.74 Å². The summed E-state index contributed by atoms with van der Waals surface area (Å²) in [6.07, 6.45) is 7.94. The SMILES string of the molecule is O=C(COC1CCNCC1)N1CCCC1c1cccnc1. The second kappa shape index (κ2) is 7.00. The Hall–Kier alpha value is -1.46. The van der Waals surface area contributed by atoms with Crippen LogP contribution in [0.3, 0.4) is 0 Å². The van der Waals surface area contributed by atoms with Gasteiger partial charge in [0.05, 0.1) is 12.1 Å². The van der Waals surface area contributed by atoms with Crippen LogP contribution in [0, 0.1) is 0 Å². The summed E-state index contributed by atoms with van der Waals surface area (Å²) in [5.41, 5.74) is 1.13. The average Bonchev–Trinajstić information content (AvgIpc) is 3.04. The minimum atomic E-state index is 0.111. The number of piperidine rings is 1. The quantitative estimate of drug-likeness (QED) is 0.913. The van der Waals surface area contributed by atoms with Crippen LogP contribution in [0.15, 0.2) is 24.5 Å². The fraction of sp³-hybridized carbons (Fsp3) is 0.625. The summed E-state index contributed by atoms with van der Waals surface area (Å²) in [4.78, 5) is 18.6. The van der Waals surface area contributed by atoms with E-state index in [0.717, 1.165) is 50.9 Å². The Morgan fingerprint density at radius 2 is 2.24 bits per heavy atom. The lowest BCUT2D eigenvalue weighted by molar-refractivity contribution is -0.139. The molecule has 2 fully saturated rings. The molecule has 3 heterocycles. The van der Waals surface area contributed by atoms with Crippen LogP contribution in [0.2, 0.25) is 0 Å². The zero-order valence-electron chi connectivity index (χ0n) is 12.3. The molecule has 0 saturated carbocycles. The smallest absolute Gasteiger partial charge is 0.249 e. The molecule has 21 heavy (non-hydrogen) atoms. The van der Waals surface area contributed by atoms with Gasteiger partial charge in [0.25, 0.3) is 0 Å². The Kier molecular flexibility index (Phi) is 4.83. The lowest BCUT2D eigenvalue weighted by Crippen LogP contribution is -2.37. The molecule has 1 N–H and O–H groups in total. The number of amides is 1. The molecule has 5 heteroatoms. The van der Waals surface area contributed by atoms with Crippen LogP contribution in [0.5, 0.6) is 0 Å². The summed E-state index contributed by atoms with van der Waals surface area (Å²) < 4.78 is 5.79. The third-order valence-corrected chi connectivity index (χ3v) is 4.37. The Morgan fingerprint density at radius 1 is 1.38 bits per heavy atom. The van der Waals surface area contributed by atoms with Crippen molar-refractivity contribution >= 4 is 5.91 Å². The number of ether oxygens (including phenoxy) is 1. The highest BCUT2D eigenvalue weighted by molar-refractivity contribution is 5.78. The predicted molar refractivity (Wildman–Crippen MR) is 79.8 cm³/mol. The van der Waals surface area contributed by atoms with Gasteiger partial charge >= 0.3 is 0 Å². The lowest BCUT2D eigenvalue weighted by atomic mass is 10.1. The molecule has 114 valence electrons. The Labute approximate surface area is 125 Å². The summed E-state index contributed by atoms with van der Waals surface area (Å²) in [5.74, 6) is 0.111. The van der Waals surface area contributed by atoms with Crippen LogP contribution in [0.25, 0.3) is 0 Å². The number of hydrogen-bond acceptors (Lipinski definition) is 4. The maximum absolute atomic E-state index is 12.4. The molecule has 1 amide bonds. The summed E-state index contributed by atoms with van der Waals surface area (Å²) in [6, 6.07) is 4.15. The van der Waals surface area contributed by atoms with Gasteiger partial charge in [0, 0.05) is 18.9 Å². The molecule has 2 saturated heterocycles. The summed E-state index contributed by atoms with van der Waals surface area (Å²) in [5, 5.41) is 3.30. The topological polar surface area (TPSA) is 54.5 Å². The molecule has 2 aliphatic rings. The van der Waals surface area contributed by atoms with Crippen LogP contribution in [0.4, 0.5) is 0 Å². The van der Waals surface area contributed by atoms with E-state index in [-0.39, 0.29) is 24.7 Å². The third-order valence-electron chi connectivity index (χ3n) is 4.37. The fourth-order valence-corrected chi connectivity index (χ4v) is 3.22.